The fourth-order valence-electron chi connectivity index (χ4n) is 3.69. The second-order valence-corrected chi connectivity index (χ2v) is 9.29. The summed E-state index contributed by atoms with van der Waals surface area (Å²) in [5.74, 6) is -0.125. The molecule has 5 nitrogen and oxygen atoms in total. The maximum Gasteiger partial charge on any atom is 0.254 e. The number of carbonyl (C=O) groups excluding carboxylic acids is 1. The SMILES string of the molecule is CCN(CC)S(=O)(=O)c1cc(C(=O)N(C(C)C)C2CCCC2)ccc1Cl. The van der Waals surface area contributed by atoms with Gasteiger partial charge in [0.1, 0.15) is 4.90 Å². The molecule has 0 saturated heterocycles. The molecular formula is C19H29ClN2O3S. The predicted octanol–water partition coefficient (Wildman–Crippen LogP) is 4.16. The van der Waals surface area contributed by atoms with E-state index < -0.39 is 10.0 Å². The van der Waals surface area contributed by atoms with E-state index in [9.17, 15) is 13.2 Å². The summed E-state index contributed by atoms with van der Waals surface area (Å²) in [5.41, 5.74) is 0.376. The topological polar surface area (TPSA) is 57.7 Å². The summed E-state index contributed by atoms with van der Waals surface area (Å²) in [5, 5.41) is 0.144. The minimum atomic E-state index is -3.72. The molecule has 0 N–H and O–H groups in total. The van der Waals surface area contributed by atoms with Gasteiger partial charge in [-0.25, -0.2) is 8.42 Å². The van der Waals surface area contributed by atoms with Gasteiger partial charge in [-0.3, -0.25) is 4.79 Å². The molecule has 146 valence electrons. The number of benzene rings is 1. The minimum Gasteiger partial charge on any atom is -0.333 e. The fraction of sp³-hybridized carbons (Fsp3) is 0.632. The van der Waals surface area contributed by atoms with Gasteiger partial charge < -0.3 is 4.90 Å². The Morgan fingerprint density at radius 3 is 2.27 bits per heavy atom. The van der Waals surface area contributed by atoms with Crippen molar-refractivity contribution in [3.63, 3.8) is 0 Å². The molecule has 0 aliphatic heterocycles. The van der Waals surface area contributed by atoms with E-state index in [4.69, 9.17) is 11.6 Å². The van der Waals surface area contributed by atoms with Gasteiger partial charge in [0.25, 0.3) is 5.91 Å². The fourth-order valence-corrected chi connectivity index (χ4v) is 5.65. The lowest BCUT2D eigenvalue weighted by Crippen LogP contribution is -2.43. The largest absolute Gasteiger partial charge is 0.333 e. The Kier molecular flexibility index (Phi) is 7.11. The lowest BCUT2D eigenvalue weighted by molar-refractivity contribution is 0.0613. The van der Waals surface area contributed by atoms with Crippen LogP contribution in [0.4, 0.5) is 0 Å². The first-order chi connectivity index (χ1) is 12.2. The van der Waals surface area contributed by atoms with Crippen LogP contribution in [0.2, 0.25) is 5.02 Å². The third-order valence-electron chi connectivity index (χ3n) is 5.01. The second kappa shape index (κ2) is 8.72. The van der Waals surface area contributed by atoms with Crippen molar-refractivity contribution < 1.29 is 13.2 Å². The highest BCUT2D eigenvalue weighted by Gasteiger charge is 2.31. The van der Waals surface area contributed by atoms with Crippen LogP contribution in [0, 0.1) is 0 Å². The zero-order valence-corrected chi connectivity index (χ0v) is 17.6. The van der Waals surface area contributed by atoms with E-state index >= 15 is 0 Å². The van der Waals surface area contributed by atoms with E-state index in [1.165, 1.54) is 16.4 Å². The van der Waals surface area contributed by atoms with Crippen molar-refractivity contribution in [3.05, 3.63) is 28.8 Å². The van der Waals surface area contributed by atoms with Gasteiger partial charge in [0, 0.05) is 30.7 Å². The highest BCUT2D eigenvalue weighted by atomic mass is 35.5. The van der Waals surface area contributed by atoms with Crippen LogP contribution in [0.1, 0.15) is 63.7 Å². The smallest absolute Gasteiger partial charge is 0.254 e. The van der Waals surface area contributed by atoms with E-state index in [0.29, 0.717) is 18.7 Å². The molecule has 1 saturated carbocycles. The quantitative estimate of drug-likeness (QED) is 0.690. The lowest BCUT2D eigenvalue weighted by Gasteiger charge is -2.33. The van der Waals surface area contributed by atoms with Crippen LogP contribution in [-0.4, -0.2) is 48.7 Å². The summed E-state index contributed by atoms with van der Waals surface area (Å²) < 4.78 is 27.1. The monoisotopic (exact) mass is 400 g/mol. The van der Waals surface area contributed by atoms with Crippen molar-refractivity contribution in [3.8, 4) is 0 Å². The number of carbonyl (C=O) groups is 1. The number of sulfonamides is 1. The van der Waals surface area contributed by atoms with Crippen LogP contribution >= 0.6 is 11.6 Å². The molecule has 0 heterocycles. The molecule has 0 unspecified atom stereocenters. The van der Waals surface area contributed by atoms with Crippen LogP contribution in [0.5, 0.6) is 0 Å². The summed E-state index contributed by atoms with van der Waals surface area (Å²) >= 11 is 6.18. The molecule has 1 aliphatic rings. The molecule has 1 aliphatic carbocycles. The number of amides is 1. The first-order valence-electron chi connectivity index (χ1n) is 9.36. The van der Waals surface area contributed by atoms with E-state index in [0.717, 1.165) is 25.7 Å². The molecule has 1 aromatic carbocycles. The standard InChI is InChI=1S/C19H29ClN2O3S/c1-5-21(6-2)26(24,25)18-13-15(11-12-17(18)20)19(23)22(14(3)4)16-9-7-8-10-16/h11-14,16H,5-10H2,1-4H3. The molecular weight excluding hydrogens is 372 g/mol. The number of nitrogens with zero attached hydrogens (tertiary/aromatic N) is 2. The summed E-state index contributed by atoms with van der Waals surface area (Å²) in [4.78, 5) is 15.0. The van der Waals surface area contributed by atoms with Crippen LogP contribution in [0.25, 0.3) is 0 Å². The Hall–Kier alpha value is -1.11. The Labute approximate surface area is 162 Å². The third-order valence-corrected chi connectivity index (χ3v) is 7.54. The van der Waals surface area contributed by atoms with Gasteiger partial charge in [-0.2, -0.15) is 4.31 Å². The molecule has 0 bridgehead atoms. The Morgan fingerprint density at radius 1 is 1.19 bits per heavy atom. The van der Waals surface area contributed by atoms with Crippen molar-refractivity contribution in [2.45, 2.75) is 70.4 Å². The predicted molar refractivity (Wildman–Crippen MR) is 105 cm³/mol. The average Bonchev–Trinajstić information content (AvgIpc) is 3.09. The van der Waals surface area contributed by atoms with Gasteiger partial charge in [-0.05, 0) is 44.9 Å². The van der Waals surface area contributed by atoms with Crippen LogP contribution < -0.4 is 0 Å². The molecule has 1 aromatic rings. The molecule has 0 atom stereocenters. The molecule has 0 radical (unpaired) electrons. The summed E-state index contributed by atoms with van der Waals surface area (Å²) in [7, 11) is -3.72. The van der Waals surface area contributed by atoms with Gasteiger partial charge >= 0.3 is 0 Å². The van der Waals surface area contributed by atoms with Crippen LogP contribution in [0.15, 0.2) is 23.1 Å². The summed E-state index contributed by atoms with van der Waals surface area (Å²) in [6.45, 7) is 8.27. The first-order valence-corrected chi connectivity index (χ1v) is 11.2. The van der Waals surface area contributed by atoms with Crippen molar-refractivity contribution >= 4 is 27.5 Å². The highest BCUT2D eigenvalue weighted by Crippen LogP contribution is 2.30. The molecule has 1 amide bonds. The Morgan fingerprint density at radius 2 is 1.77 bits per heavy atom. The van der Waals surface area contributed by atoms with E-state index in [-0.39, 0.29) is 27.9 Å². The maximum atomic E-state index is 13.1. The van der Waals surface area contributed by atoms with Crippen molar-refractivity contribution in [1.82, 2.24) is 9.21 Å². The molecule has 1 fully saturated rings. The first kappa shape index (κ1) is 21.2. The van der Waals surface area contributed by atoms with Crippen molar-refractivity contribution in [1.29, 1.82) is 0 Å². The third kappa shape index (κ3) is 4.24. The average molecular weight is 401 g/mol. The van der Waals surface area contributed by atoms with Gasteiger partial charge in [-0.1, -0.05) is 38.3 Å². The zero-order chi connectivity index (χ0) is 19.5. The highest BCUT2D eigenvalue weighted by molar-refractivity contribution is 7.89. The molecule has 0 spiro atoms. The number of hydrogen-bond acceptors (Lipinski definition) is 3. The summed E-state index contributed by atoms with van der Waals surface area (Å²) in [6.07, 6.45) is 4.26. The van der Waals surface area contributed by atoms with Gasteiger partial charge in [0.15, 0.2) is 0 Å². The number of halogens is 1. The van der Waals surface area contributed by atoms with Gasteiger partial charge in [0.2, 0.25) is 10.0 Å². The van der Waals surface area contributed by atoms with Crippen LogP contribution in [0.3, 0.4) is 0 Å². The zero-order valence-electron chi connectivity index (χ0n) is 16.0. The van der Waals surface area contributed by atoms with Crippen molar-refractivity contribution in [2.24, 2.45) is 0 Å². The molecule has 26 heavy (non-hydrogen) atoms. The Bertz CT molecular complexity index is 739. The maximum absolute atomic E-state index is 13.1. The van der Waals surface area contributed by atoms with E-state index in [2.05, 4.69) is 0 Å². The Balaban J connectivity index is 2.43. The van der Waals surface area contributed by atoms with E-state index in [1.54, 1.807) is 19.9 Å². The minimum absolute atomic E-state index is 0.00356. The number of hydrogen-bond donors (Lipinski definition) is 0. The molecule has 0 aromatic heterocycles. The lowest BCUT2D eigenvalue weighted by atomic mass is 10.1. The van der Waals surface area contributed by atoms with E-state index in [1.807, 2.05) is 18.7 Å². The van der Waals surface area contributed by atoms with Crippen molar-refractivity contribution in [2.75, 3.05) is 13.1 Å². The number of rotatable bonds is 7. The normalized spacial score (nSPS) is 15.8. The second-order valence-electron chi connectivity index (χ2n) is 6.98. The van der Waals surface area contributed by atoms with Gasteiger partial charge in [-0.15, -0.1) is 0 Å². The summed E-state index contributed by atoms with van der Waals surface area (Å²) in [6, 6.07) is 4.85. The van der Waals surface area contributed by atoms with Crippen LogP contribution in [-0.2, 0) is 10.0 Å². The molecule has 2 rings (SSSR count). The van der Waals surface area contributed by atoms with Gasteiger partial charge in [0.05, 0.1) is 5.02 Å². The molecule has 7 heteroatoms.